The average Bonchev–Trinajstić information content (AvgIpc) is 2.92. The summed E-state index contributed by atoms with van der Waals surface area (Å²) in [7, 11) is -3.70. The molecule has 0 aliphatic rings. The topological polar surface area (TPSA) is 84.0 Å². The Morgan fingerprint density at radius 2 is 1.96 bits per heavy atom. The molecule has 2 aromatic rings. The average molecular weight is 371 g/mol. The Morgan fingerprint density at radius 3 is 2.61 bits per heavy atom. The van der Waals surface area contributed by atoms with Crippen molar-refractivity contribution in [2.75, 3.05) is 5.32 Å². The highest BCUT2D eigenvalue weighted by atomic mass is 32.2. The van der Waals surface area contributed by atoms with Crippen LogP contribution in [0.1, 0.15) is 30.3 Å². The molecule has 0 aliphatic carbocycles. The van der Waals surface area contributed by atoms with E-state index in [2.05, 4.69) is 27.2 Å². The molecule has 0 radical (unpaired) electrons. The first kappa shape index (κ1) is 17.8. The summed E-state index contributed by atoms with van der Waals surface area (Å²) in [6, 6.07) is 6.54. The zero-order chi connectivity index (χ0) is 16.9. The predicted molar refractivity (Wildman–Crippen MR) is 96.2 cm³/mol. The van der Waals surface area contributed by atoms with Crippen LogP contribution < -0.4 is 10.0 Å². The molecule has 2 N–H and O–H groups in total. The van der Waals surface area contributed by atoms with E-state index in [1.807, 2.05) is 6.92 Å². The summed E-state index contributed by atoms with van der Waals surface area (Å²) in [6.45, 7) is 4.00. The van der Waals surface area contributed by atoms with E-state index < -0.39 is 10.0 Å². The van der Waals surface area contributed by atoms with Gasteiger partial charge in [0.2, 0.25) is 5.13 Å². The zero-order valence-electron chi connectivity index (χ0n) is 12.9. The lowest BCUT2D eigenvalue weighted by atomic mass is 10.2. The van der Waals surface area contributed by atoms with Gasteiger partial charge in [-0.2, -0.15) is 0 Å². The fraction of sp³-hybridized carbons (Fsp3) is 0.357. The molecule has 0 fully saturated rings. The fourth-order valence-electron chi connectivity index (χ4n) is 1.75. The van der Waals surface area contributed by atoms with Crippen molar-refractivity contribution in [2.45, 2.75) is 38.0 Å². The van der Waals surface area contributed by atoms with Crippen LogP contribution in [0, 0.1) is 6.92 Å². The minimum absolute atomic E-state index is 0.0243. The maximum absolute atomic E-state index is 12.2. The summed E-state index contributed by atoms with van der Waals surface area (Å²) >= 11 is 6.41. The second-order valence-corrected chi connectivity index (χ2v) is 8.13. The molecule has 6 nitrogen and oxygen atoms in total. The molecular weight excluding hydrogens is 352 g/mol. The van der Waals surface area contributed by atoms with Crippen molar-refractivity contribution in [2.24, 2.45) is 0 Å². The molecule has 9 heteroatoms. The molecule has 1 aromatic heterocycles. The highest BCUT2D eigenvalue weighted by Gasteiger charge is 2.16. The van der Waals surface area contributed by atoms with Gasteiger partial charge in [-0.1, -0.05) is 42.4 Å². The summed E-state index contributed by atoms with van der Waals surface area (Å²) in [5.74, 6) is 0. The molecule has 0 bridgehead atoms. The highest BCUT2D eigenvalue weighted by molar-refractivity contribution is 7.92. The van der Waals surface area contributed by atoms with Crippen molar-refractivity contribution in [3.63, 3.8) is 0 Å². The second kappa shape index (κ2) is 7.80. The third-order valence-corrected chi connectivity index (χ3v) is 5.59. The molecule has 0 aliphatic heterocycles. The number of unbranched alkanes of at least 4 members (excludes halogenated alkanes) is 1. The number of nitrogens with one attached hydrogen (secondary N) is 2. The number of benzene rings is 1. The van der Waals surface area contributed by atoms with Gasteiger partial charge in [-0.25, -0.2) is 8.42 Å². The smallest absolute Gasteiger partial charge is 0.263 e. The number of hydrogen-bond acceptors (Lipinski definition) is 6. The monoisotopic (exact) mass is 370 g/mol. The largest absolute Gasteiger partial charge is 0.306 e. The van der Waals surface area contributed by atoms with Crippen molar-refractivity contribution >= 4 is 43.8 Å². The van der Waals surface area contributed by atoms with Crippen LogP contribution in [0.15, 0.2) is 29.2 Å². The van der Waals surface area contributed by atoms with Crippen molar-refractivity contribution < 1.29 is 8.42 Å². The maximum Gasteiger partial charge on any atom is 0.263 e. The number of sulfonamides is 1. The highest BCUT2D eigenvalue weighted by Crippen LogP contribution is 2.17. The van der Waals surface area contributed by atoms with E-state index in [4.69, 9.17) is 12.2 Å². The van der Waals surface area contributed by atoms with Crippen molar-refractivity contribution in [1.82, 2.24) is 14.9 Å². The number of thiocarbonyl (C=S) groups is 1. The van der Waals surface area contributed by atoms with Gasteiger partial charge in [0.15, 0.2) is 5.11 Å². The Labute approximate surface area is 145 Å². The van der Waals surface area contributed by atoms with Crippen LogP contribution in [0.5, 0.6) is 0 Å². The molecule has 1 aromatic carbocycles. The molecule has 1 heterocycles. The predicted octanol–water partition coefficient (Wildman–Crippen LogP) is 2.86. The normalized spacial score (nSPS) is 11.2. The molecule has 0 saturated heterocycles. The zero-order valence-corrected chi connectivity index (χ0v) is 15.3. The molecule has 0 atom stereocenters. The number of aryl methyl sites for hydroxylation is 2. The van der Waals surface area contributed by atoms with Gasteiger partial charge in [-0.05, 0) is 37.7 Å². The second-order valence-electron chi connectivity index (χ2n) is 4.98. The third kappa shape index (κ3) is 5.22. The maximum atomic E-state index is 12.2. The number of rotatable bonds is 6. The lowest BCUT2D eigenvalue weighted by Gasteiger charge is -2.09. The van der Waals surface area contributed by atoms with E-state index in [9.17, 15) is 8.42 Å². The summed E-state index contributed by atoms with van der Waals surface area (Å²) in [5, 5.41) is 12.1. The number of nitrogens with zero attached hydrogens (tertiary/aromatic N) is 2. The standard InChI is InChI=1S/C14H18N4O2S3/c1-3-4-5-12-16-17-14(22-12)15-13(21)18-23(19,20)11-8-6-10(2)7-9-11/h6-9H,3-5H2,1-2H3,(H2,15,17,18,21). The van der Waals surface area contributed by atoms with Gasteiger partial charge in [0.25, 0.3) is 10.0 Å². The van der Waals surface area contributed by atoms with Crippen molar-refractivity contribution in [3.8, 4) is 0 Å². The Balaban J connectivity index is 1.98. The van der Waals surface area contributed by atoms with Crippen LogP contribution in [0.4, 0.5) is 5.13 Å². The van der Waals surface area contributed by atoms with E-state index in [1.165, 1.54) is 23.5 Å². The molecule has 0 saturated carbocycles. The lowest BCUT2D eigenvalue weighted by molar-refractivity contribution is 0.593. The number of hydrogen-bond donors (Lipinski definition) is 2. The Bertz CT molecular complexity index is 770. The van der Waals surface area contributed by atoms with Crippen LogP contribution in [-0.4, -0.2) is 23.7 Å². The van der Waals surface area contributed by atoms with Gasteiger partial charge < -0.3 is 5.32 Å². The summed E-state index contributed by atoms with van der Waals surface area (Å²) < 4.78 is 26.8. The molecule has 0 spiro atoms. The van der Waals surface area contributed by atoms with Crippen LogP contribution in [0.25, 0.3) is 0 Å². The number of aromatic nitrogens is 2. The minimum atomic E-state index is -3.70. The summed E-state index contributed by atoms with van der Waals surface area (Å²) in [5.41, 5.74) is 0.984. The third-order valence-electron chi connectivity index (χ3n) is 2.99. The van der Waals surface area contributed by atoms with Crippen molar-refractivity contribution in [1.29, 1.82) is 0 Å². The molecule has 124 valence electrons. The van der Waals surface area contributed by atoms with Crippen molar-refractivity contribution in [3.05, 3.63) is 34.8 Å². The SMILES string of the molecule is CCCCc1nnc(NC(=S)NS(=O)(=O)c2ccc(C)cc2)s1. The fourth-order valence-corrected chi connectivity index (χ4v) is 3.94. The molecular formula is C14H18N4O2S3. The Hall–Kier alpha value is -1.58. The van der Waals surface area contributed by atoms with E-state index in [1.54, 1.807) is 12.1 Å². The van der Waals surface area contributed by atoms with Gasteiger partial charge in [-0.3, -0.25) is 4.72 Å². The first-order valence-electron chi connectivity index (χ1n) is 7.13. The van der Waals surface area contributed by atoms with Gasteiger partial charge in [-0.15, -0.1) is 10.2 Å². The summed E-state index contributed by atoms with van der Waals surface area (Å²) in [4.78, 5) is 0.160. The summed E-state index contributed by atoms with van der Waals surface area (Å²) in [6.07, 6.45) is 2.98. The van der Waals surface area contributed by atoms with E-state index in [0.717, 1.165) is 29.8 Å². The van der Waals surface area contributed by atoms with Crippen LogP contribution in [0.2, 0.25) is 0 Å². The van der Waals surface area contributed by atoms with E-state index >= 15 is 0 Å². The van der Waals surface area contributed by atoms with Gasteiger partial charge in [0, 0.05) is 6.42 Å². The first-order chi connectivity index (χ1) is 10.9. The number of anilines is 1. The van der Waals surface area contributed by atoms with Crippen LogP contribution >= 0.6 is 23.6 Å². The van der Waals surface area contributed by atoms with Crippen LogP contribution in [0.3, 0.4) is 0 Å². The lowest BCUT2D eigenvalue weighted by Crippen LogP contribution is -2.34. The quantitative estimate of drug-likeness (QED) is 0.761. The minimum Gasteiger partial charge on any atom is -0.306 e. The van der Waals surface area contributed by atoms with E-state index in [0.29, 0.717) is 5.13 Å². The molecule has 2 rings (SSSR count). The van der Waals surface area contributed by atoms with E-state index in [-0.39, 0.29) is 10.0 Å². The molecule has 23 heavy (non-hydrogen) atoms. The van der Waals surface area contributed by atoms with Gasteiger partial charge in [0.1, 0.15) is 5.01 Å². The van der Waals surface area contributed by atoms with Gasteiger partial charge >= 0.3 is 0 Å². The Kier molecular flexibility index (Phi) is 6.03. The van der Waals surface area contributed by atoms with Gasteiger partial charge in [0.05, 0.1) is 4.90 Å². The van der Waals surface area contributed by atoms with Crippen LogP contribution in [-0.2, 0) is 16.4 Å². The molecule has 0 amide bonds. The Morgan fingerprint density at radius 1 is 1.26 bits per heavy atom. The molecule has 0 unspecified atom stereocenters. The first-order valence-corrected chi connectivity index (χ1v) is 9.84.